The molecule has 1 rings (SSSR count). The van der Waals surface area contributed by atoms with E-state index in [1.807, 2.05) is 0 Å². The number of halogens is 3. The lowest BCUT2D eigenvalue weighted by atomic mass is 9.99. The second kappa shape index (κ2) is 6.40. The molecule has 1 heterocycles. The maximum absolute atomic E-state index is 12.8. The fraction of sp³-hybridized carbons (Fsp3) is 0.364. The van der Waals surface area contributed by atoms with Crippen LogP contribution >= 0.6 is 15.9 Å². The first-order chi connectivity index (χ1) is 8.54. The number of nitriles is 1. The van der Waals surface area contributed by atoms with Crippen LogP contribution in [0.25, 0.3) is 0 Å². The second-order valence-corrected chi connectivity index (χ2v) is 3.87. The molecule has 0 aliphatic rings. The fourth-order valence-electron chi connectivity index (χ4n) is 1.44. The highest BCUT2D eigenvalue weighted by atomic mass is 79.9. The van der Waals surface area contributed by atoms with E-state index in [-0.39, 0.29) is 22.9 Å². The normalized spacial score (nSPS) is 10.2. The number of pyridine rings is 1. The molecule has 96 valence electrons. The zero-order valence-corrected chi connectivity index (χ0v) is 11.0. The topological polar surface area (TPSA) is 63.0 Å². The number of aromatic nitrogens is 1. The van der Waals surface area contributed by atoms with Crippen LogP contribution in [0.3, 0.4) is 0 Å². The number of alkyl halides is 3. The predicted molar refractivity (Wildman–Crippen MR) is 62.3 cm³/mol. The van der Waals surface area contributed by atoms with E-state index in [1.54, 1.807) is 6.07 Å². The first-order valence-corrected chi connectivity index (χ1v) is 5.99. The minimum Gasteiger partial charge on any atom is -0.469 e. The molecule has 0 aromatic carbocycles. The lowest BCUT2D eigenvalue weighted by Gasteiger charge is -2.11. The number of nitrogens with zero attached hydrogens (tertiary/aromatic N) is 2. The Morgan fingerprint density at radius 2 is 2.33 bits per heavy atom. The second-order valence-electron chi connectivity index (χ2n) is 3.31. The van der Waals surface area contributed by atoms with E-state index in [0.29, 0.717) is 5.69 Å². The maximum Gasteiger partial charge on any atom is 0.310 e. The quantitative estimate of drug-likeness (QED) is 0.632. The summed E-state index contributed by atoms with van der Waals surface area (Å²) in [6.45, 7) is 0. The number of carbonyl (C=O) groups is 1. The minimum absolute atomic E-state index is 0.00456. The van der Waals surface area contributed by atoms with Gasteiger partial charge in [0.25, 0.3) is 6.43 Å². The third-order valence-corrected chi connectivity index (χ3v) is 2.85. The summed E-state index contributed by atoms with van der Waals surface area (Å²) >= 11 is 3.11. The summed E-state index contributed by atoms with van der Waals surface area (Å²) < 4.78 is 30.1. The standard InChI is InChI=1S/C11H9BrF2N2O2/c1-18-10(17)2-6-7(4-15)9(3-12)16-5-8(6)11(13)14/h5,11H,2-3H2,1H3. The third-order valence-electron chi connectivity index (χ3n) is 2.32. The van der Waals surface area contributed by atoms with Gasteiger partial charge in [0.05, 0.1) is 24.8 Å². The van der Waals surface area contributed by atoms with Gasteiger partial charge in [0.1, 0.15) is 6.07 Å². The average Bonchev–Trinajstić information content (AvgIpc) is 2.37. The molecular formula is C11H9BrF2N2O2. The van der Waals surface area contributed by atoms with Gasteiger partial charge in [0, 0.05) is 17.1 Å². The maximum atomic E-state index is 12.8. The van der Waals surface area contributed by atoms with Crippen LogP contribution in [0.4, 0.5) is 8.78 Å². The van der Waals surface area contributed by atoms with Crippen LogP contribution in [0.5, 0.6) is 0 Å². The highest BCUT2D eigenvalue weighted by molar-refractivity contribution is 9.08. The molecule has 0 amide bonds. The first-order valence-electron chi connectivity index (χ1n) is 4.86. The van der Waals surface area contributed by atoms with Gasteiger partial charge < -0.3 is 4.74 Å². The molecule has 0 aliphatic carbocycles. The van der Waals surface area contributed by atoms with Gasteiger partial charge in [-0.05, 0) is 5.56 Å². The van der Waals surface area contributed by atoms with Crippen molar-refractivity contribution < 1.29 is 18.3 Å². The van der Waals surface area contributed by atoms with Gasteiger partial charge in [0.2, 0.25) is 0 Å². The van der Waals surface area contributed by atoms with Crippen LogP contribution in [0.1, 0.15) is 28.8 Å². The molecule has 4 nitrogen and oxygen atoms in total. The van der Waals surface area contributed by atoms with Crippen molar-refractivity contribution in [3.05, 3.63) is 28.6 Å². The Bertz CT molecular complexity index is 501. The Morgan fingerprint density at radius 3 is 2.78 bits per heavy atom. The molecule has 0 atom stereocenters. The third kappa shape index (κ3) is 3.01. The first kappa shape index (κ1) is 14.5. The largest absolute Gasteiger partial charge is 0.469 e. The monoisotopic (exact) mass is 318 g/mol. The van der Waals surface area contributed by atoms with Gasteiger partial charge in [-0.1, -0.05) is 15.9 Å². The number of rotatable bonds is 4. The highest BCUT2D eigenvalue weighted by Crippen LogP contribution is 2.27. The molecule has 1 aromatic rings. The fourth-order valence-corrected chi connectivity index (χ4v) is 1.86. The number of hydrogen-bond donors (Lipinski definition) is 0. The van der Waals surface area contributed by atoms with Crippen LogP contribution in [0, 0.1) is 11.3 Å². The van der Waals surface area contributed by atoms with E-state index in [1.165, 1.54) is 0 Å². The van der Waals surface area contributed by atoms with E-state index in [4.69, 9.17) is 5.26 Å². The van der Waals surface area contributed by atoms with Crippen molar-refractivity contribution >= 4 is 21.9 Å². The van der Waals surface area contributed by atoms with Crippen molar-refractivity contribution in [2.45, 2.75) is 18.2 Å². The van der Waals surface area contributed by atoms with Gasteiger partial charge in [-0.2, -0.15) is 5.26 Å². The van der Waals surface area contributed by atoms with E-state index >= 15 is 0 Å². The summed E-state index contributed by atoms with van der Waals surface area (Å²) in [5.41, 5.74) is -0.124. The van der Waals surface area contributed by atoms with Gasteiger partial charge in [0.15, 0.2) is 0 Å². The SMILES string of the molecule is COC(=O)Cc1c(C(F)F)cnc(CBr)c1C#N. The number of carbonyl (C=O) groups excluding carboxylic acids is 1. The highest BCUT2D eigenvalue weighted by Gasteiger charge is 2.22. The average molecular weight is 319 g/mol. The molecule has 0 spiro atoms. The van der Waals surface area contributed by atoms with Crippen LogP contribution < -0.4 is 0 Å². The van der Waals surface area contributed by atoms with Crippen molar-refractivity contribution in [3.8, 4) is 6.07 Å². The van der Waals surface area contributed by atoms with E-state index in [0.717, 1.165) is 13.3 Å². The molecule has 1 aromatic heterocycles. The van der Waals surface area contributed by atoms with Crippen molar-refractivity contribution in [3.63, 3.8) is 0 Å². The Hall–Kier alpha value is -1.55. The number of methoxy groups -OCH3 is 1. The number of hydrogen-bond acceptors (Lipinski definition) is 4. The van der Waals surface area contributed by atoms with Gasteiger partial charge in [-0.25, -0.2) is 8.78 Å². The summed E-state index contributed by atoms with van der Waals surface area (Å²) in [6.07, 6.45) is -2.18. The van der Waals surface area contributed by atoms with Crippen LogP contribution in [0.2, 0.25) is 0 Å². The molecule has 0 bridgehead atoms. The van der Waals surface area contributed by atoms with Gasteiger partial charge in [-0.15, -0.1) is 0 Å². The summed E-state index contributed by atoms with van der Waals surface area (Å²) in [6, 6.07) is 1.81. The predicted octanol–water partition coefficient (Wildman–Crippen LogP) is 2.50. The molecule has 0 N–H and O–H groups in total. The van der Waals surface area contributed by atoms with E-state index in [9.17, 15) is 13.6 Å². The minimum atomic E-state index is -2.80. The van der Waals surface area contributed by atoms with Gasteiger partial charge in [-0.3, -0.25) is 9.78 Å². The molecule has 0 radical (unpaired) electrons. The molecule has 0 saturated carbocycles. The summed E-state index contributed by atoms with van der Waals surface area (Å²) in [5, 5.41) is 9.26. The molecule has 18 heavy (non-hydrogen) atoms. The molecule has 0 aliphatic heterocycles. The number of esters is 1. The Labute approximate surface area is 111 Å². The summed E-state index contributed by atoms with van der Waals surface area (Å²) in [5.74, 6) is -0.680. The molecule has 0 unspecified atom stereocenters. The zero-order valence-electron chi connectivity index (χ0n) is 9.41. The van der Waals surface area contributed by atoms with Crippen molar-refractivity contribution in [1.29, 1.82) is 5.26 Å². The van der Waals surface area contributed by atoms with Crippen molar-refractivity contribution in [1.82, 2.24) is 4.98 Å². The van der Waals surface area contributed by atoms with Crippen LogP contribution in [-0.4, -0.2) is 18.1 Å². The molecule has 0 fully saturated rings. The number of ether oxygens (including phenoxy) is 1. The Kier molecular flexibility index (Phi) is 5.16. The van der Waals surface area contributed by atoms with Gasteiger partial charge >= 0.3 is 5.97 Å². The summed E-state index contributed by atoms with van der Waals surface area (Å²) in [7, 11) is 1.16. The van der Waals surface area contributed by atoms with E-state index < -0.39 is 18.0 Å². The van der Waals surface area contributed by atoms with E-state index in [2.05, 4.69) is 25.7 Å². The lowest BCUT2D eigenvalue weighted by molar-refractivity contribution is -0.139. The Balaban J connectivity index is 3.39. The summed E-state index contributed by atoms with van der Waals surface area (Å²) in [4.78, 5) is 15.0. The van der Waals surface area contributed by atoms with Crippen LogP contribution in [-0.2, 0) is 21.3 Å². The lowest BCUT2D eigenvalue weighted by Crippen LogP contribution is -2.11. The Morgan fingerprint density at radius 1 is 1.67 bits per heavy atom. The van der Waals surface area contributed by atoms with Crippen LogP contribution in [0.15, 0.2) is 6.20 Å². The smallest absolute Gasteiger partial charge is 0.310 e. The zero-order chi connectivity index (χ0) is 13.7. The van der Waals surface area contributed by atoms with Crippen molar-refractivity contribution in [2.24, 2.45) is 0 Å². The molecular weight excluding hydrogens is 310 g/mol. The van der Waals surface area contributed by atoms with Crippen molar-refractivity contribution in [2.75, 3.05) is 7.11 Å². The molecule has 7 heteroatoms. The molecule has 0 saturated heterocycles.